The van der Waals surface area contributed by atoms with Crippen LogP contribution in [-0.2, 0) is 6.42 Å². The fourth-order valence-corrected chi connectivity index (χ4v) is 5.49. The molecular weight excluding hydrogens is 314 g/mol. The normalized spacial score (nSPS) is 29.1. The molecule has 4 aliphatic rings. The molecule has 1 aromatic carbocycles. The van der Waals surface area contributed by atoms with Gasteiger partial charge in [-0.05, 0) is 50.3 Å². The quantitative estimate of drug-likeness (QED) is 0.801. The predicted molar refractivity (Wildman–Crippen MR) is 96.3 cm³/mol. The van der Waals surface area contributed by atoms with Crippen LogP contribution in [0.1, 0.15) is 43.0 Å². The zero-order valence-corrected chi connectivity index (χ0v) is 14.6. The minimum atomic E-state index is 0.550. The van der Waals surface area contributed by atoms with Gasteiger partial charge in [-0.15, -0.1) is 0 Å². The smallest absolute Gasteiger partial charge is 0.163 e. The summed E-state index contributed by atoms with van der Waals surface area (Å²) in [5.74, 6) is 1.79. The molecule has 0 unspecified atom stereocenters. The Labute approximate surface area is 147 Å². The average molecular weight is 339 g/mol. The average Bonchev–Trinajstić information content (AvgIpc) is 3.03. The topological polar surface area (TPSA) is 40.7 Å². The summed E-state index contributed by atoms with van der Waals surface area (Å²) in [7, 11) is 0. The van der Waals surface area contributed by atoms with Gasteiger partial charge in [0.1, 0.15) is 13.2 Å². The Morgan fingerprint density at radius 1 is 0.960 bits per heavy atom. The van der Waals surface area contributed by atoms with E-state index in [1.54, 1.807) is 0 Å². The molecule has 1 N–H and O–H groups in total. The zero-order valence-electron chi connectivity index (χ0n) is 14.6. The lowest BCUT2D eigenvalue weighted by atomic mass is 9.90. The number of benzene rings is 1. The maximum Gasteiger partial charge on any atom is 0.163 e. The van der Waals surface area contributed by atoms with Crippen molar-refractivity contribution in [3.63, 3.8) is 0 Å². The molecule has 0 amide bonds. The number of nitrogens with one attached hydrogen (secondary N) is 1. The van der Waals surface area contributed by atoms with Gasteiger partial charge in [-0.1, -0.05) is 0 Å². The van der Waals surface area contributed by atoms with Crippen LogP contribution in [0, 0.1) is 0 Å². The molecule has 5 heterocycles. The van der Waals surface area contributed by atoms with E-state index >= 15 is 0 Å². The second-order valence-corrected chi connectivity index (χ2v) is 7.86. The van der Waals surface area contributed by atoms with Gasteiger partial charge in [-0.3, -0.25) is 9.80 Å². The summed E-state index contributed by atoms with van der Waals surface area (Å²) in [5.41, 5.74) is 4.17. The summed E-state index contributed by atoms with van der Waals surface area (Å²) in [5, 5.41) is 1.34. The van der Waals surface area contributed by atoms with Crippen molar-refractivity contribution in [1.82, 2.24) is 14.8 Å². The number of aromatic nitrogens is 1. The molecule has 0 saturated carbocycles. The van der Waals surface area contributed by atoms with E-state index in [9.17, 15) is 0 Å². The zero-order chi connectivity index (χ0) is 16.4. The summed E-state index contributed by atoms with van der Waals surface area (Å²) in [4.78, 5) is 9.25. The first-order valence-electron chi connectivity index (χ1n) is 9.82. The molecule has 1 aromatic heterocycles. The van der Waals surface area contributed by atoms with Crippen molar-refractivity contribution in [2.24, 2.45) is 0 Å². The van der Waals surface area contributed by atoms with Gasteiger partial charge in [0.15, 0.2) is 11.5 Å². The van der Waals surface area contributed by atoms with E-state index < -0.39 is 0 Å². The van der Waals surface area contributed by atoms with Gasteiger partial charge in [0.05, 0.1) is 12.2 Å². The fraction of sp³-hybridized carbons (Fsp3) is 0.600. The van der Waals surface area contributed by atoms with Gasteiger partial charge in [0.25, 0.3) is 0 Å². The molecule has 2 fully saturated rings. The molecule has 0 bridgehead atoms. The Morgan fingerprint density at radius 3 is 2.76 bits per heavy atom. The summed E-state index contributed by atoms with van der Waals surface area (Å²) < 4.78 is 11.6. The van der Waals surface area contributed by atoms with Gasteiger partial charge in [-0.25, -0.2) is 0 Å². The van der Waals surface area contributed by atoms with E-state index in [0.29, 0.717) is 25.4 Å². The number of nitrogens with zero attached hydrogens (tertiary/aromatic N) is 2. The highest BCUT2D eigenvalue weighted by atomic mass is 16.6. The predicted octanol–water partition coefficient (Wildman–Crippen LogP) is 3.05. The minimum absolute atomic E-state index is 0.550. The Balaban J connectivity index is 1.43. The first-order valence-corrected chi connectivity index (χ1v) is 9.82. The Kier molecular flexibility index (Phi) is 3.11. The molecule has 0 spiro atoms. The van der Waals surface area contributed by atoms with E-state index in [0.717, 1.165) is 17.9 Å². The molecule has 2 saturated heterocycles. The number of piperidine rings is 1. The van der Waals surface area contributed by atoms with Crippen molar-refractivity contribution in [2.45, 2.75) is 44.3 Å². The molecular formula is C20H25N3O2. The Bertz CT molecular complexity index is 830. The summed E-state index contributed by atoms with van der Waals surface area (Å²) >= 11 is 0. The third-order valence-corrected chi connectivity index (χ3v) is 6.61. The van der Waals surface area contributed by atoms with Crippen LogP contribution in [0.2, 0.25) is 0 Å². The number of fused-ring (bicyclic) bond motifs is 8. The number of rotatable bonds is 0. The van der Waals surface area contributed by atoms with E-state index in [-0.39, 0.29) is 0 Å². The number of H-pyrrole nitrogens is 1. The first kappa shape index (κ1) is 14.4. The third-order valence-electron chi connectivity index (χ3n) is 6.61. The highest BCUT2D eigenvalue weighted by Gasteiger charge is 2.41. The Morgan fingerprint density at radius 2 is 1.84 bits per heavy atom. The summed E-state index contributed by atoms with van der Waals surface area (Å²) in [6, 6.07) is 4.89. The SMILES string of the molecule is c1c2c(cc3c4c([nH]c13)[C@@H]1CCN3CCCC[C@@H]3N1CC4)OCCO2. The Hall–Kier alpha value is -1.72. The molecule has 0 radical (unpaired) electrons. The number of aromatic amines is 1. The van der Waals surface area contributed by atoms with E-state index in [1.165, 1.54) is 67.5 Å². The number of hydrogen-bond acceptors (Lipinski definition) is 4. The van der Waals surface area contributed by atoms with Crippen LogP contribution in [0.4, 0.5) is 0 Å². The molecule has 25 heavy (non-hydrogen) atoms. The highest BCUT2D eigenvalue weighted by molar-refractivity contribution is 5.88. The lowest BCUT2D eigenvalue weighted by molar-refractivity contribution is -0.0599. The number of ether oxygens (including phenoxy) is 2. The van der Waals surface area contributed by atoms with Crippen LogP contribution in [0.5, 0.6) is 11.5 Å². The van der Waals surface area contributed by atoms with Crippen LogP contribution in [0.3, 0.4) is 0 Å². The maximum absolute atomic E-state index is 5.81. The largest absolute Gasteiger partial charge is 0.486 e. The van der Waals surface area contributed by atoms with Gasteiger partial charge in [0, 0.05) is 35.8 Å². The lowest BCUT2D eigenvalue weighted by Gasteiger charge is -2.52. The van der Waals surface area contributed by atoms with Gasteiger partial charge >= 0.3 is 0 Å². The summed E-state index contributed by atoms with van der Waals surface area (Å²) in [6.07, 6.45) is 7.12. The molecule has 6 rings (SSSR count). The van der Waals surface area contributed by atoms with Crippen LogP contribution in [-0.4, -0.2) is 53.8 Å². The third kappa shape index (κ3) is 2.09. The molecule has 4 aliphatic heterocycles. The first-order chi connectivity index (χ1) is 12.4. The second kappa shape index (κ2) is 5.39. The van der Waals surface area contributed by atoms with Crippen LogP contribution in [0.25, 0.3) is 10.9 Å². The van der Waals surface area contributed by atoms with E-state index in [1.807, 2.05) is 0 Å². The van der Waals surface area contributed by atoms with Gasteiger partial charge in [0.2, 0.25) is 0 Å². The summed E-state index contributed by atoms with van der Waals surface area (Å²) in [6.45, 7) is 5.00. The molecule has 0 aliphatic carbocycles. The monoisotopic (exact) mass is 339 g/mol. The van der Waals surface area contributed by atoms with Gasteiger partial charge in [-0.2, -0.15) is 0 Å². The van der Waals surface area contributed by atoms with Crippen molar-refractivity contribution in [1.29, 1.82) is 0 Å². The lowest BCUT2D eigenvalue weighted by Crippen LogP contribution is -2.58. The maximum atomic E-state index is 5.81. The highest BCUT2D eigenvalue weighted by Crippen LogP contribution is 2.44. The molecule has 5 nitrogen and oxygen atoms in total. The van der Waals surface area contributed by atoms with Crippen LogP contribution in [0.15, 0.2) is 12.1 Å². The second-order valence-electron chi connectivity index (χ2n) is 7.86. The van der Waals surface area contributed by atoms with Crippen molar-refractivity contribution >= 4 is 10.9 Å². The van der Waals surface area contributed by atoms with Crippen LogP contribution >= 0.6 is 0 Å². The molecule has 5 heteroatoms. The number of hydrogen-bond donors (Lipinski definition) is 1. The fourth-order valence-electron chi connectivity index (χ4n) is 5.49. The molecule has 2 aromatic rings. The van der Waals surface area contributed by atoms with Crippen LogP contribution < -0.4 is 9.47 Å². The van der Waals surface area contributed by atoms with Crippen molar-refractivity contribution in [3.05, 3.63) is 23.4 Å². The minimum Gasteiger partial charge on any atom is -0.486 e. The van der Waals surface area contributed by atoms with Crippen molar-refractivity contribution < 1.29 is 9.47 Å². The standard InChI is InChI=1S/C20H25N3O2/c1-2-6-22-7-5-16-20-13(4-8-23(16)19(22)3-1)14-11-17-18(12-15(14)21-20)25-10-9-24-17/h11-12,16,19,21H,1-10H2/t16-,19-/m0/s1. The van der Waals surface area contributed by atoms with Crippen molar-refractivity contribution in [2.75, 3.05) is 32.8 Å². The van der Waals surface area contributed by atoms with Crippen molar-refractivity contribution in [3.8, 4) is 11.5 Å². The molecule has 132 valence electrons. The van der Waals surface area contributed by atoms with Gasteiger partial charge < -0.3 is 14.5 Å². The van der Waals surface area contributed by atoms with E-state index in [2.05, 4.69) is 26.9 Å². The molecule has 2 atom stereocenters. The van der Waals surface area contributed by atoms with E-state index in [4.69, 9.17) is 9.47 Å².